The summed E-state index contributed by atoms with van der Waals surface area (Å²) >= 11 is 0. The second-order valence-electron chi connectivity index (χ2n) is 10.2. The number of piperidine rings is 1. The molecule has 0 bridgehead atoms. The quantitative estimate of drug-likeness (QED) is 0.244. The van der Waals surface area contributed by atoms with E-state index in [2.05, 4.69) is 20.6 Å². The highest BCUT2D eigenvalue weighted by atomic mass is 32.2. The summed E-state index contributed by atoms with van der Waals surface area (Å²) in [5, 5.41) is 6.20. The van der Waals surface area contributed by atoms with Crippen LogP contribution < -0.4 is 20.9 Å². The Labute approximate surface area is 239 Å². The van der Waals surface area contributed by atoms with Gasteiger partial charge in [-0.1, -0.05) is 30.3 Å². The SMILES string of the molecule is C[C@@H](CF)n1c(=O)c(-c2ccc(NS(=O)(=O)Cc3ccccc3)c(F)c2F)cc2cnc(N[C@@H]3CNC[C@@H](F)C3)nc21. The number of pyridine rings is 1. The lowest BCUT2D eigenvalue weighted by atomic mass is 10.0. The van der Waals surface area contributed by atoms with E-state index in [-0.39, 0.29) is 41.6 Å². The van der Waals surface area contributed by atoms with Crippen molar-refractivity contribution in [3.05, 3.63) is 82.3 Å². The third-order valence-corrected chi connectivity index (χ3v) is 8.15. The van der Waals surface area contributed by atoms with E-state index in [1.54, 1.807) is 30.3 Å². The van der Waals surface area contributed by atoms with Crippen LogP contribution in [0.5, 0.6) is 0 Å². The molecule has 1 saturated heterocycles. The number of sulfonamides is 1. The second kappa shape index (κ2) is 12.1. The molecule has 2 aromatic carbocycles. The average molecular weight is 605 g/mol. The molecular formula is C28H28F4N6O3S. The van der Waals surface area contributed by atoms with Gasteiger partial charge in [-0.3, -0.25) is 14.1 Å². The van der Waals surface area contributed by atoms with Gasteiger partial charge in [-0.2, -0.15) is 4.98 Å². The van der Waals surface area contributed by atoms with Gasteiger partial charge in [-0.05, 0) is 30.7 Å². The molecule has 0 unspecified atom stereocenters. The Morgan fingerprint density at radius 1 is 1.10 bits per heavy atom. The number of hydrogen-bond donors (Lipinski definition) is 3. The minimum absolute atomic E-state index is 0.0538. The van der Waals surface area contributed by atoms with E-state index in [4.69, 9.17) is 0 Å². The highest BCUT2D eigenvalue weighted by molar-refractivity contribution is 7.91. The second-order valence-corrected chi connectivity index (χ2v) is 11.9. The van der Waals surface area contributed by atoms with E-state index in [1.165, 1.54) is 19.2 Å². The number of fused-ring (bicyclic) bond motifs is 1. The third-order valence-electron chi connectivity index (χ3n) is 6.90. The molecule has 0 spiro atoms. The van der Waals surface area contributed by atoms with Gasteiger partial charge in [-0.25, -0.2) is 31.0 Å². The lowest BCUT2D eigenvalue weighted by Gasteiger charge is -2.26. The molecule has 0 radical (unpaired) electrons. The van der Waals surface area contributed by atoms with Crippen molar-refractivity contribution < 1.29 is 26.0 Å². The van der Waals surface area contributed by atoms with Crippen LogP contribution in [0.2, 0.25) is 0 Å². The highest BCUT2D eigenvalue weighted by Crippen LogP contribution is 2.30. The van der Waals surface area contributed by atoms with Crippen LogP contribution in [0.1, 0.15) is 24.9 Å². The molecule has 9 nitrogen and oxygen atoms in total. The molecule has 1 fully saturated rings. The van der Waals surface area contributed by atoms with Gasteiger partial charge in [0.15, 0.2) is 11.6 Å². The average Bonchev–Trinajstić information content (AvgIpc) is 2.95. The Balaban J connectivity index is 1.51. The molecule has 42 heavy (non-hydrogen) atoms. The number of halogens is 4. The van der Waals surface area contributed by atoms with E-state index in [0.717, 1.165) is 16.7 Å². The fraction of sp³-hybridized carbons (Fsp3) is 0.321. The smallest absolute Gasteiger partial charge is 0.260 e. The standard InChI is InChI=1S/C28H28F4N6O3S/c1-16(11-29)38-26-18(12-34-28(36-26)35-20-10-19(30)13-33-14-20)9-22(27(38)39)21-7-8-23(25(32)24(21)31)37-42(40,41)15-17-5-3-2-4-6-17/h2-9,12,16,19-20,33,37H,10-11,13-15H2,1H3,(H,34,35,36)/t16-,19-,20-/m0/s1. The topological polar surface area (TPSA) is 118 Å². The van der Waals surface area contributed by atoms with E-state index in [1.807, 2.05) is 4.72 Å². The van der Waals surface area contributed by atoms with Gasteiger partial charge in [0, 0.05) is 42.7 Å². The molecule has 0 aliphatic carbocycles. The summed E-state index contributed by atoms with van der Waals surface area (Å²) in [6.45, 7) is 1.18. The Morgan fingerprint density at radius 2 is 1.86 bits per heavy atom. The van der Waals surface area contributed by atoms with Crippen molar-refractivity contribution in [3.8, 4) is 11.1 Å². The number of benzene rings is 2. The van der Waals surface area contributed by atoms with Gasteiger partial charge in [0.2, 0.25) is 16.0 Å². The fourth-order valence-corrected chi connectivity index (χ4v) is 6.07. The Morgan fingerprint density at radius 3 is 2.57 bits per heavy atom. The molecule has 4 aromatic rings. The number of alkyl halides is 2. The largest absolute Gasteiger partial charge is 0.350 e. The number of nitrogens with zero attached hydrogens (tertiary/aromatic N) is 3. The van der Waals surface area contributed by atoms with E-state index >= 15 is 8.78 Å². The maximum atomic E-state index is 15.4. The number of aromatic nitrogens is 3. The van der Waals surface area contributed by atoms with Crippen LogP contribution in [0.15, 0.2) is 59.5 Å². The van der Waals surface area contributed by atoms with Gasteiger partial charge < -0.3 is 10.6 Å². The van der Waals surface area contributed by atoms with E-state index in [0.29, 0.717) is 12.1 Å². The lowest BCUT2D eigenvalue weighted by molar-refractivity contribution is 0.254. The van der Waals surface area contributed by atoms with Crippen LogP contribution >= 0.6 is 0 Å². The summed E-state index contributed by atoms with van der Waals surface area (Å²) in [5.41, 5.74) is -1.70. The minimum atomic E-state index is -4.09. The predicted octanol–water partition coefficient (Wildman–Crippen LogP) is 4.32. The van der Waals surface area contributed by atoms with Gasteiger partial charge in [0.25, 0.3) is 5.56 Å². The molecule has 3 N–H and O–H groups in total. The summed E-state index contributed by atoms with van der Waals surface area (Å²) in [6.07, 6.45) is 0.521. The van der Waals surface area contributed by atoms with Crippen molar-refractivity contribution >= 4 is 32.7 Å². The summed E-state index contributed by atoms with van der Waals surface area (Å²) in [6, 6.07) is 10.2. The van der Waals surface area contributed by atoms with E-state index in [9.17, 15) is 22.0 Å². The maximum absolute atomic E-state index is 15.4. The van der Waals surface area contributed by atoms with Gasteiger partial charge in [0.1, 0.15) is 18.5 Å². The Kier molecular flexibility index (Phi) is 8.45. The first kappa shape index (κ1) is 29.5. The normalized spacial score (nSPS) is 18.1. The molecule has 14 heteroatoms. The summed E-state index contributed by atoms with van der Waals surface area (Å²) in [7, 11) is -4.09. The minimum Gasteiger partial charge on any atom is -0.350 e. The van der Waals surface area contributed by atoms with Crippen LogP contribution in [0.4, 0.5) is 29.2 Å². The monoisotopic (exact) mass is 604 g/mol. The predicted molar refractivity (Wildman–Crippen MR) is 152 cm³/mol. The van der Waals surface area contributed by atoms with Crippen LogP contribution in [0.3, 0.4) is 0 Å². The van der Waals surface area contributed by atoms with Gasteiger partial charge in [0.05, 0.1) is 23.0 Å². The van der Waals surface area contributed by atoms with Crippen molar-refractivity contribution in [2.24, 2.45) is 0 Å². The van der Waals surface area contributed by atoms with Crippen LogP contribution in [0.25, 0.3) is 22.2 Å². The highest BCUT2D eigenvalue weighted by Gasteiger charge is 2.25. The zero-order chi connectivity index (χ0) is 30.0. The molecule has 5 rings (SSSR count). The van der Waals surface area contributed by atoms with Crippen LogP contribution in [-0.4, -0.2) is 54.9 Å². The molecule has 1 aliphatic rings. The number of nitrogens with one attached hydrogen (secondary N) is 3. The van der Waals surface area contributed by atoms with E-state index < -0.39 is 63.1 Å². The zero-order valence-electron chi connectivity index (χ0n) is 22.5. The first-order chi connectivity index (χ1) is 20.1. The number of anilines is 2. The Bertz CT molecular complexity index is 1770. The summed E-state index contributed by atoms with van der Waals surface area (Å²) < 4.78 is 86.5. The fourth-order valence-electron chi connectivity index (χ4n) is 4.88. The van der Waals surface area contributed by atoms with Crippen LogP contribution in [0, 0.1) is 11.6 Å². The van der Waals surface area contributed by atoms with Crippen molar-refractivity contribution in [1.29, 1.82) is 0 Å². The molecule has 0 saturated carbocycles. The summed E-state index contributed by atoms with van der Waals surface area (Å²) in [4.78, 5) is 22.2. The summed E-state index contributed by atoms with van der Waals surface area (Å²) in [5.74, 6) is -3.33. The molecule has 222 valence electrons. The zero-order valence-corrected chi connectivity index (χ0v) is 23.3. The van der Waals surface area contributed by atoms with Crippen LogP contribution in [-0.2, 0) is 15.8 Å². The number of hydrogen-bond acceptors (Lipinski definition) is 7. The molecule has 3 atom stereocenters. The molecular weight excluding hydrogens is 576 g/mol. The number of rotatable bonds is 9. The van der Waals surface area contributed by atoms with Crippen molar-refractivity contribution in [3.63, 3.8) is 0 Å². The van der Waals surface area contributed by atoms with Crippen molar-refractivity contribution in [2.75, 3.05) is 29.8 Å². The lowest BCUT2D eigenvalue weighted by Crippen LogP contribution is -2.44. The molecule has 3 heterocycles. The molecule has 2 aromatic heterocycles. The van der Waals surface area contributed by atoms with Gasteiger partial charge >= 0.3 is 0 Å². The third kappa shape index (κ3) is 6.23. The van der Waals surface area contributed by atoms with Crippen molar-refractivity contribution in [2.45, 2.75) is 37.4 Å². The first-order valence-corrected chi connectivity index (χ1v) is 14.8. The van der Waals surface area contributed by atoms with Gasteiger partial charge in [-0.15, -0.1) is 0 Å². The molecule has 0 amide bonds. The Hall–Kier alpha value is -4.04. The maximum Gasteiger partial charge on any atom is 0.260 e. The molecule has 1 aliphatic heterocycles. The first-order valence-electron chi connectivity index (χ1n) is 13.2. The van der Waals surface area contributed by atoms with Crippen molar-refractivity contribution in [1.82, 2.24) is 19.9 Å².